The van der Waals surface area contributed by atoms with E-state index in [1.807, 2.05) is 0 Å². The van der Waals surface area contributed by atoms with E-state index in [1.165, 1.54) is 0 Å². The SMILES string of the molecule is C=CCNC(C(=C)C)C(=O)O. The second-order valence-electron chi connectivity index (χ2n) is 2.31. The van der Waals surface area contributed by atoms with Gasteiger partial charge in [-0.3, -0.25) is 10.1 Å². The molecule has 0 saturated carbocycles. The number of aliphatic carboxylic acids is 1. The minimum atomic E-state index is -0.903. The lowest BCUT2D eigenvalue weighted by molar-refractivity contribution is -0.138. The highest BCUT2D eigenvalue weighted by atomic mass is 16.4. The summed E-state index contributed by atoms with van der Waals surface area (Å²) in [5.74, 6) is -0.903. The summed E-state index contributed by atoms with van der Waals surface area (Å²) in [5.41, 5.74) is 0.597. The number of carboxylic acids is 1. The molecule has 0 spiro atoms. The summed E-state index contributed by atoms with van der Waals surface area (Å²) >= 11 is 0. The number of rotatable bonds is 5. The van der Waals surface area contributed by atoms with E-state index in [0.29, 0.717) is 12.1 Å². The molecule has 0 aromatic rings. The van der Waals surface area contributed by atoms with Gasteiger partial charge in [-0.05, 0) is 6.92 Å². The fourth-order valence-electron chi connectivity index (χ4n) is 0.674. The highest BCUT2D eigenvalue weighted by molar-refractivity contribution is 5.77. The van der Waals surface area contributed by atoms with Crippen molar-refractivity contribution in [3.63, 3.8) is 0 Å². The fourth-order valence-corrected chi connectivity index (χ4v) is 0.674. The molecule has 62 valence electrons. The van der Waals surface area contributed by atoms with Crippen molar-refractivity contribution in [2.45, 2.75) is 13.0 Å². The Morgan fingerprint density at radius 3 is 2.64 bits per heavy atom. The van der Waals surface area contributed by atoms with Crippen LogP contribution in [0.4, 0.5) is 0 Å². The zero-order valence-corrected chi connectivity index (χ0v) is 6.63. The normalized spacial score (nSPS) is 12.1. The lowest BCUT2D eigenvalue weighted by Crippen LogP contribution is -2.37. The smallest absolute Gasteiger partial charge is 0.324 e. The van der Waals surface area contributed by atoms with Crippen LogP contribution >= 0.6 is 0 Å². The van der Waals surface area contributed by atoms with E-state index in [0.717, 1.165) is 0 Å². The van der Waals surface area contributed by atoms with Crippen LogP contribution in [-0.2, 0) is 4.79 Å². The van der Waals surface area contributed by atoms with Crippen molar-refractivity contribution in [2.24, 2.45) is 0 Å². The molecule has 0 aliphatic carbocycles. The Kier molecular flexibility index (Phi) is 4.22. The summed E-state index contributed by atoms with van der Waals surface area (Å²) in [6, 6.07) is -0.659. The molecule has 1 unspecified atom stereocenters. The van der Waals surface area contributed by atoms with Crippen molar-refractivity contribution in [3.05, 3.63) is 24.8 Å². The molecular formula is C8H13NO2. The van der Waals surface area contributed by atoms with E-state index >= 15 is 0 Å². The second kappa shape index (κ2) is 4.68. The van der Waals surface area contributed by atoms with Crippen molar-refractivity contribution in [1.29, 1.82) is 0 Å². The number of carboxylic acid groups (broad SMARTS) is 1. The highest BCUT2D eigenvalue weighted by Crippen LogP contribution is 1.96. The summed E-state index contributed by atoms with van der Waals surface area (Å²) in [5, 5.41) is 11.4. The van der Waals surface area contributed by atoms with Crippen LogP contribution in [-0.4, -0.2) is 23.7 Å². The van der Waals surface area contributed by atoms with Gasteiger partial charge in [0, 0.05) is 6.54 Å². The van der Waals surface area contributed by atoms with Gasteiger partial charge in [-0.15, -0.1) is 6.58 Å². The number of hydrogen-bond acceptors (Lipinski definition) is 2. The molecular weight excluding hydrogens is 142 g/mol. The topological polar surface area (TPSA) is 49.3 Å². The van der Waals surface area contributed by atoms with Gasteiger partial charge in [-0.1, -0.05) is 18.2 Å². The summed E-state index contributed by atoms with van der Waals surface area (Å²) < 4.78 is 0. The molecule has 0 aliphatic heterocycles. The predicted molar refractivity (Wildman–Crippen MR) is 44.4 cm³/mol. The van der Waals surface area contributed by atoms with E-state index < -0.39 is 12.0 Å². The maximum Gasteiger partial charge on any atom is 0.324 e. The first-order valence-corrected chi connectivity index (χ1v) is 3.32. The van der Waals surface area contributed by atoms with Crippen LogP contribution < -0.4 is 5.32 Å². The molecule has 11 heavy (non-hydrogen) atoms. The summed E-state index contributed by atoms with van der Waals surface area (Å²) in [6.07, 6.45) is 1.61. The zero-order valence-electron chi connectivity index (χ0n) is 6.63. The molecule has 1 atom stereocenters. The van der Waals surface area contributed by atoms with Crippen LogP contribution in [0.3, 0.4) is 0 Å². The molecule has 0 aliphatic rings. The Bertz CT molecular complexity index is 161. The molecule has 0 aromatic heterocycles. The highest BCUT2D eigenvalue weighted by Gasteiger charge is 2.15. The largest absolute Gasteiger partial charge is 0.480 e. The Balaban J connectivity index is 4.00. The van der Waals surface area contributed by atoms with Crippen molar-refractivity contribution >= 4 is 5.97 Å². The Morgan fingerprint density at radius 2 is 2.36 bits per heavy atom. The van der Waals surface area contributed by atoms with Gasteiger partial charge in [-0.2, -0.15) is 0 Å². The van der Waals surface area contributed by atoms with Gasteiger partial charge in [0.25, 0.3) is 0 Å². The van der Waals surface area contributed by atoms with Crippen LogP contribution in [0, 0.1) is 0 Å². The Morgan fingerprint density at radius 1 is 1.82 bits per heavy atom. The Labute approximate surface area is 66.4 Å². The molecule has 0 aromatic carbocycles. The maximum atomic E-state index is 10.5. The third-order valence-corrected chi connectivity index (χ3v) is 1.21. The van der Waals surface area contributed by atoms with Crippen LogP contribution in [0.5, 0.6) is 0 Å². The fraction of sp³-hybridized carbons (Fsp3) is 0.375. The molecule has 0 heterocycles. The van der Waals surface area contributed by atoms with Gasteiger partial charge < -0.3 is 5.11 Å². The molecule has 0 bridgehead atoms. The summed E-state index contributed by atoms with van der Waals surface area (Å²) in [7, 11) is 0. The first-order valence-electron chi connectivity index (χ1n) is 3.32. The van der Waals surface area contributed by atoms with Crippen LogP contribution in [0.2, 0.25) is 0 Å². The van der Waals surface area contributed by atoms with Gasteiger partial charge >= 0.3 is 5.97 Å². The molecule has 0 saturated heterocycles. The van der Waals surface area contributed by atoms with Crippen LogP contribution in [0.15, 0.2) is 24.8 Å². The third kappa shape index (κ3) is 3.57. The first-order chi connectivity index (χ1) is 5.09. The van der Waals surface area contributed by atoms with Gasteiger partial charge in [0.2, 0.25) is 0 Å². The predicted octanol–water partition coefficient (Wildman–Crippen LogP) is 0.791. The number of carbonyl (C=O) groups is 1. The first kappa shape index (κ1) is 9.91. The average molecular weight is 155 g/mol. The molecule has 0 amide bonds. The van der Waals surface area contributed by atoms with Gasteiger partial charge in [0.05, 0.1) is 0 Å². The average Bonchev–Trinajstić information content (AvgIpc) is 1.87. The minimum Gasteiger partial charge on any atom is -0.480 e. The van der Waals surface area contributed by atoms with Crippen LogP contribution in [0.1, 0.15) is 6.92 Å². The van der Waals surface area contributed by atoms with Crippen LogP contribution in [0.25, 0.3) is 0 Å². The van der Waals surface area contributed by atoms with E-state index in [-0.39, 0.29) is 0 Å². The molecule has 2 N–H and O–H groups in total. The third-order valence-electron chi connectivity index (χ3n) is 1.21. The van der Waals surface area contributed by atoms with E-state index in [9.17, 15) is 4.79 Å². The number of nitrogens with one attached hydrogen (secondary N) is 1. The van der Waals surface area contributed by atoms with E-state index in [2.05, 4.69) is 18.5 Å². The molecule has 0 rings (SSSR count). The quantitative estimate of drug-likeness (QED) is 0.577. The zero-order chi connectivity index (χ0) is 8.85. The monoisotopic (exact) mass is 155 g/mol. The Hall–Kier alpha value is -1.09. The van der Waals surface area contributed by atoms with Gasteiger partial charge in [0.15, 0.2) is 0 Å². The second-order valence-corrected chi connectivity index (χ2v) is 2.31. The van der Waals surface area contributed by atoms with Crippen molar-refractivity contribution in [3.8, 4) is 0 Å². The molecule has 0 fully saturated rings. The van der Waals surface area contributed by atoms with E-state index in [4.69, 9.17) is 5.11 Å². The summed E-state index contributed by atoms with van der Waals surface area (Å²) in [6.45, 7) is 9.17. The van der Waals surface area contributed by atoms with Crippen molar-refractivity contribution in [1.82, 2.24) is 5.32 Å². The van der Waals surface area contributed by atoms with Crippen molar-refractivity contribution < 1.29 is 9.90 Å². The maximum absolute atomic E-state index is 10.5. The van der Waals surface area contributed by atoms with E-state index in [1.54, 1.807) is 13.0 Å². The van der Waals surface area contributed by atoms with Gasteiger partial charge in [0.1, 0.15) is 6.04 Å². The lowest BCUT2D eigenvalue weighted by Gasteiger charge is -2.11. The van der Waals surface area contributed by atoms with Gasteiger partial charge in [-0.25, -0.2) is 0 Å². The van der Waals surface area contributed by atoms with Crippen molar-refractivity contribution in [2.75, 3.05) is 6.54 Å². The molecule has 3 nitrogen and oxygen atoms in total. The lowest BCUT2D eigenvalue weighted by atomic mass is 10.1. The minimum absolute atomic E-state index is 0.476. The standard InChI is InChI=1S/C8H13NO2/c1-4-5-9-7(6(2)3)8(10)11/h4,7,9H,1-2,5H2,3H3,(H,10,11). The summed E-state index contributed by atoms with van der Waals surface area (Å²) in [4.78, 5) is 10.5. The molecule has 3 heteroatoms. The molecule has 0 radical (unpaired) electrons. The number of hydrogen-bond donors (Lipinski definition) is 2.